The standard InChI is InChI=1S/C21H17BrClNO2/c1-14-11-17(9-10-19(14)22)24-21(25)15-6-4-7-18(12-15)26-13-16-5-2-3-8-20(16)23/h2-12H,13H2,1H3,(H,24,25). The molecule has 0 saturated carbocycles. The third-order valence-corrected chi connectivity index (χ3v) is 5.12. The Balaban J connectivity index is 1.69. The highest BCUT2D eigenvalue weighted by molar-refractivity contribution is 9.10. The third kappa shape index (κ3) is 4.65. The van der Waals surface area contributed by atoms with Crippen LogP contribution in [0.15, 0.2) is 71.2 Å². The number of amides is 1. The predicted molar refractivity (Wildman–Crippen MR) is 109 cm³/mol. The molecule has 0 heterocycles. The molecule has 0 bridgehead atoms. The van der Waals surface area contributed by atoms with Crippen molar-refractivity contribution in [2.75, 3.05) is 5.32 Å². The summed E-state index contributed by atoms with van der Waals surface area (Å²) in [5.74, 6) is 0.430. The molecule has 26 heavy (non-hydrogen) atoms. The minimum Gasteiger partial charge on any atom is -0.489 e. The molecule has 0 atom stereocenters. The van der Waals surface area contributed by atoms with Crippen molar-refractivity contribution in [1.29, 1.82) is 0 Å². The quantitative estimate of drug-likeness (QED) is 0.520. The van der Waals surface area contributed by atoms with Crippen molar-refractivity contribution in [2.24, 2.45) is 0 Å². The Morgan fingerprint density at radius 3 is 2.65 bits per heavy atom. The van der Waals surface area contributed by atoms with Crippen LogP contribution >= 0.6 is 27.5 Å². The van der Waals surface area contributed by atoms with Crippen LogP contribution in [0.25, 0.3) is 0 Å². The van der Waals surface area contributed by atoms with E-state index in [1.165, 1.54) is 0 Å². The zero-order chi connectivity index (χ0) is 18.5. The third-order valence-electron chi connectivity index (χ3n) is 3.86. The molecular weight excluding hydrogens is 414 g/mol. The van der Waals surface area contributed by atoms with Crippen LogP contribution in [0.4, 0.5) is 5.69 Å². The SMILES string of the molecule is Cc1cc(NC(=O)c2cccc(OCc3ccccc3Cl)c2)ccc1Br. The van der Waals surface area contributed by atoms with Crippen molar-refractivity contribution in [2.45, 2.75) is 13.5 Å². The van der Waals surface area contributed by atoms with E-state index in [4.69, 9.17) is 16.3 Å². The van der Waals surface area contributed by atoms with E-state index in [9.17, 15) is 4.79 Å². The fraction of sp³-hybridized carbons (Fsp3) is 0.0952. The van der Waals surface area contributed by atoms with Crippen molar-refractivity contribution >= 4 is 39.1 Å². The molecule has 0 aliphatic rings. The molecule has 1 amide bonds. The monoisotopic (exact) mass is 429 g/mol. The fourth-order valence-corrected chi connectivity index (χ4v) is 2.87. The lowest BCUT2D eigenvalue weighted by molar-refractivity contribution is 0.102. The van der Waals surface area contributed by atoms with Gasteiger partial charge >= 0.3 is 0 Å². The molecule has 0 saturated heterocycles. The molecule has 3 rings (SSSR count). The van der Waals surface area contributed by atoms with Crippen LogP contribution in [0.3, 0.4) is 0 Å². The number of aryl methyl sites for hydroxylation is 1. The molecule has 0 radical (unpaired) electrons. The molecule has 0 aliphatic heterocycles. The second-order valence-corrected chi connectivity index (χ2v) is 7.09. The molecule has 132 valence electrons. The number of halogens is 2. The second-order valence-electron chi connectivity index (χ2n) is 5.83. The van der Waals surface area contributed by atoms with Crippen LogP contribution in [0, 0.1) is 6.92 Å². The number of rotatable bonds is 5. The maximum absolute atomic E-state index is 12.5. The normalized spacial score (nSPS) is 10.4. The van der Waals surface area contributed by atoms with Gasteiger partial charge in [-0.1, -0.05) is 51.8 Å². The first-order valence-corrected chi connectivity index (χ1v) is 9.24. The van der Waals surface area contributed by atoms with Gasteiger partial charge in [0.05, 0.1) is 0 Å². The van der Waals surface area contributed by atoms with Crippen molar-refractivity contribution in [3.8, 4) is 5.75 Å². The summed E-state index contributed by atoms with van der Waals surface area (Å²) in [7, 11) is 0. The van der Waals surface area contributed by atoms with Crippen LogP contribution < -0.4 is 10.1 Å². The first-order chi connectivity index (χ1) is 12.5. The van der Waals surface area contributed by atoms with E-state index in [1.807, 2.05) is 55.5 Å². The molecule has 5 heteroatoms. The Kier molecular flexibility index (Phi) is 5.96. The summed E-state index contributed by atoms with van der Waals surface area (Å²) >= 11 is 9.59. The van der Waals surface area contributed by atoms with Crippen LogP contribution in [0.2, 0.25) is 5.02 Å². The fourth-order valence-electron chi connectivity index (χ4n) is 2.43. The van der Waals surface area contributed by atoms with E-state index in [-0.39, 0.29) is 5.91 Å². The van der Waals surface area contributed by atoms with Crippen molar-refractivity contribution in [3.05, 3.63) is 92.9 Å². The van der Waals surface area contributed by atoms with Gasteiger partial charge in [0.15, 0.2) is 0 Å². The van der Waals surface area contributed by atoms with Gasteiger partial charge < -0.3 is 10.1 Å². The van der Waals surface area contributed by atoms with Crippen LogP contribution in [0.1, 0.15) is 21.5 Å². The zero-order valence-corrected chi connectivity index (χ0v) is 16.5. The highest BCUT2D eigenvalue weighted by atomic mass is 79.9. The molecule has 3 aromatic carbocycles. The highest BCUT2D eigenvalue weighted by Crippen LogP contribution is 2.22. The number of benzene rings is 3. The number of carbonyl (C=O) groups is 1. The minimum absolute atomic E-state index is 0.185. The van der Waals surface area contributed by atoms with Crippen LogP contribution in [0.5, 0.6) is 5.75 Å². The van der Waals surface area contributed by atoms with Crippen molar-refractivity contribution in [1.82, 2.24) is 0 Å². The van der Waals surface area contributed by atoms with E-state index in [0.717, 1.165) is 21.3 Å². The van der Waals surface area contributed by atoms with Gasteiger partial charge in [-0.15, -0.1) is 0 Å². The predicted octanol–water partition coefficient (Wildman–Crippen LogP) is 6.24. The molecule has 3 nitrogen and oxygen atoms in total. The number of hydrogen-bond acceptors (Lipinski definition) is 2. The average Bonchev–Trinajstić information content (AvgIpc) is 2.64. The number of nitrogens with one attached hydrogen (secondary N) is 1. The Hall–Kier alpha value is -2.30. The first-order valence-electron chi connectivity index (χ1n) is 8.07. The maximum Gasteiger partial charge on any atom is 0.255 e. The molecule has 0 fully saturated rings. The Labute approximate surface area is 166 Å². The topological polar surface area (TPSA) is 38.3 Å². The molecular formula is C21H17BrClNO2. The lowest BCUT2D eigenvalue weighted by Gasteiger charge is -2.10. The van der Waals surface area contributed by atoms with E-state index < -0.39 is 0 Å². The lowest BCUT2D eigenvalue weighted by atomic mass is 10.1. The summed E-state index contributed by atoms with van der Waals surface area (Å²) in [6.45, 7) is 2.32. The summed E-state index contributed by atoms with van der Waals surface area (Å²) in [6.07, 6.45) is 0. The molecule has 0 spiro atoms. The number of hydrogen-bond donors (Lipinski definition) is 1. The van der Waals surface area contributed by atoms with Crippen LogP contribution in [-0.4, -0.2) is 5.91 Å². The highest BCUT2D eigenvalue weighted by Gasteiger charge is 2.09. The Morgan fingerprint density at radius 2 is 1.88 bits per heavy atom. The van der Waals surface area contributed by atoms with Gasteiger partial charge in [0.2, 0.25) is 0 Å². The lowest BCUT2D eigenvalue weighted by Crippen LogP contribution is -2.12. The number of ether oxygens (including phenoxy) is 1. The number of carbonyl (C=O) groups excluding carboxylic acids is 1. The summed E-state index contributed by atoms with van der Waals surface area (Å²) in [6, 6.07) is 20.3. The van der Waals surface area contributed by atoms with Gasteiger partial charge in [-0.3, -0.25) is 4.79 Å². The van der Waals surface area contributed by atoms with E-state index in [1.54, 1.807) is 18.2 Å². The van der Waals surface area contributed by atoms with Gasteiger partial charge in [-0.2, -0.15) is 0 Å². The molecule has 0 aliphatic carbocycles. The smallest absolute Gasteiger partial charge is 0.255 e. The van der Waals surface area contributed by atoms with Crippen molar-refractivity contribution in [3.63, 3.8) is 0 Å². The van der Waals surface area contributed by atoms with Crippen molar-refractivity contribution < 1.29 is 9.53 Å². The van der Waals surface area contributed by atoms with Crippen LogP contribution in [-0.2, 0) is 6.61 Å². The Bertz CT molecular complexity index is 943. The Morgan fingerprint density at radius 1 is 1.08 bits per heavy atom. The van der Waals surface area contributed by atoms with Gasteiger partial charge in [0.1, 0.15) is 12.4 Å². The molecule has 1 N–H and O–H groups in total. The molecule has 3 aromatic rings. The van der Waals surface area contributed by atoms with E-state index >= 15 is 0 Å². The largest absolute Gasteiger partial charge is 0.489 e. The second kappa shape index (κ2) is 8.39. The van der Waals surface area contributed by atoms with E-state index in [2.05, 4.69) is 21.2 Å². The number of anilines is 1. The maximum atomic E-state index is 12.5. The van der Waals surface area contributed by atoms with Gasteiger partial charge in [0.25, 0.3) is 5.91 Å². The summed E-state index contributed by atoms with van der Waals surface area (Å²) in [4.78, 5) is 12.5. The molecule has 0 unspecified atom stereocenters. The summed E-state index contributed by atoms with van der Waals surface area (Å²) in [5.41, 5.74) is 3.23. The summed E-state index contributed by atoms with van der Waals surface area (Å²) in [5, 5.41) is 3.56. The first kappa shape index (κ1) is 18.5. The minimum atomic E-state index is -0.185. The zero-order valence-electron chi connectivity index (χ0n) is 14.1. The van der Waals surface area contributed by atoms with Gasteiger partial charge in [-0.05, 0) is 55.0 Å². The van der Waals surface area contributed by atoms with Gasteiger partial charge in [0, 0.05) is 26.3 Å². The summed E-state index contributed by atoms with van der Waals surface area (Å²) < 4.78 is 6.78. The average molecular weight is 431 g/mol. The molecule has 0 aromatic heterocycles. The van der Waals surface area contributed by atoms with E-state index in [0.29, 0.717) is 22.9 Å². The van der Waals surface area contributed by atoms with Gasteiger partial charge in [-0.25, -0.2) is 0 Å².